The third kappa shape index (κ3) is 2.75. The minimum Gasteiger partial charge on any atom is -0.535 e. The standard InChI is InChI=1S/C24H16BO3/c26-25-28-22-14-6-12-20-23-19(11-5-13-21(23)27-24(20)22)18-10-4-9-17(15-18)16-7-2-1-3-8-16/h1-15,26H. The molecule has 1 radical (unpaired) electrons. The fraction of sp³-hybridized carbons (Fsp3) is 0. The van der Waals surface area contributed by atoms with Crippen molar-refractivity contribution in [1.29, 1.82) is 0 Å². The van der Waals surface area contributed by atoms with Crippen molar-refractivity contribution >= 4 is 29.6 Å². The first-order valence-electron chi connectivity index (χ1n) is 9.08. The van der Waals surface area contributed by atoms with Crippen LogP contribution in [0.1, 0.15) is 0 Å². The Morgan fingerprint density at radius 3 is 2.32 bits per heavy atom. The number of hydrogen-bond donors (Lipinski definition) is 1. The van der Waals surface area contributed by atoms with Crippen molar-refractivity contribution in [1.82, 2.24) is 0 Å². The highest BCUT2D eigenvalue weighted by molar-refractivity contribution is 6.19. The maximum atomic E-state index is 9.04. The predicted octanol–water partition coefficient (Wildman–Crippen LogP) is 5.83. The fourth-order valence-corrected chi connectivity index (χ4v) is 3.71. The lowest BCUT2D eigenvalue weighted by Gasteiger charge is -2.07. The summed E-state index contributed by atoms with van der Waals surface area (Å²) in [5.74, 6) is 0.486. The van der Waals surface area contributed by atoms with Crippen LogP contribution in [0.5, 0.6) is 5.75 Å². The van der Waals surface area contributed by atoms with Crippen LogP contribution in [0.15, 0.2) is 95.4 Å². The van der Waals surface area contributed by atoms with Gasteiger partial charge in [0.25, 0.3) is 0 Å². The SMILES string of the molecule is O[B]Oc1cccc2c1oc1cccc(-c3cccc(-c4ccccc4)c3)c12. The van der Waals surface area contributed by atoms with Gasteiger partial charge in [-0.15, -0.1) is 0 Å². The quantitative estimate of drug-likeness (QED) is 0.409. The fourth-order valence-electron chi connectivity index (χ4n) is 3.71. The van der Waals surface area contributed by atoms with Gasteiger partial charge in [0, 0.05) is 10.8 Å². The smallest absolute Gasteiger partial charge is 0.535 e. The van der Waals surface area contributed by atoms with Gasteiger partial charge in [-0.25, -0.2) is 0 Å². The van der Waals surface area contributed by atoms with Gasteiger partial charge in [-0.05, 0) is 40.5 Å². The van der Waals surface area contributed by atoms with Gasteiger partial charge in [0.15, 0.2) is 5.58 Å². The lowest BCUT2D eigenvalue weighted by molar-refractivity contribution is 0.451. The van der Waals surface area contributed by atoms with Crippen molar-refractivity contribution in [3.63, 3.8) is 0 Å². The van der Waals surface area contributed by atoms with Crippen LogP contribution in [0.2, 0.25) is 0 Å². The summed E-state index contributed by atoms with van der Waals surface area (Å²) in [7, 11) is 0.673. The molecule has 4 heteroatoms. The van der Waals surface area contributed by atoms with Crippen LogP contribution in [0, 0.1) is 0 Å². The maximum Gasteiger partial charge on any atom is 0.569 e. The molecule has 0 amide bonds. The van der Waals surface area contributed by atoms with E-state index in [1.165, 1.54) is 11.1 Å². The molecule has 0 fully saturated rings. The van der Waals surface area contributed by atoms with Gasteiger partial charge >= 0.3 is 7.69 Å². The van der Waals surface area contributed by atoms with Gasteiger partial charge in [-0.3, -0.25) is 0 Å². The van der Waals surface area contributed by atoms with E-state index in [0.717, 1.165) is 27.5 Å². The lowest BCUT2D eigenvalue weighted by atomic mass is 9.96. The topological polar surface area (TPSA) is 42.6 Å². The summed E-state index contributed by atoms with van der Waals surface area (Å²) in [6, 6.07) is 30.6. The molecule has 1 N–H and O–H groups in total. The zero-order valence-corrected chi connectivity index (χ0v) is 15.0. The van der Waals surface area contributed by atoms with E-state index in [1.54, 1.807) is 6.07 Å². The summed E-state index contributed by atoms with van der Waals surface area (Å²) in [4.78, 5) is 0. The first-order chi connectivity index (χ1) is 13.8. The number of para-hydroxylation sites is 1. The van der Waals surface area contributed by atoms with Crippen molar-refractivity contribution in [3.8, 4) is 28.0 Å². The van der Waals surface area contributed by atoms with Crippen molar-refractivity contribution in [2.75, 3.05) is 0 Å². The average molecular weight is 363 g/mol. The largest absolute Gasteiger partial charge is 0.569 e. The third-order valence-electron chi connectivity index (χ3n) is 4.95. The molecular formula is C24H16BO3. The van der Waals surface area contributed by atoms with Gasteiger partial charge in [0.1, 0.15) is 11.3 Å². The van der Waals surface area contributed by atoms with E-state index in [1.807, 2.05) is 42.5 Å². The number of furan rings is 1. The number of rotatable bonds is 4. The zero-order chi connectivity index (χ0) is 18.9. The predicted molar refractivity (Wildman–Crippen MR) is 113 cm³/mol. The molecule has 0 saturated carbocycles. The Kier molecular flexibility index (Phi) is 4.11. The summed E-state index contributed by atoms with van der Waals surface area (Å²) in [5.41, 5.74) is 5.97. The minimum atomic E-state index is 0.486. The number of hydrogen-bond acceptors (Lipinski definition) is 3. The Balaban J connectivity index is 1.74. The lowest BCUT2D eigenvalue weighted by Crippen LogP contribution is -1.99. The Morgan fingerprint density at radius 2 is 1.46 bits per heavy atom. The average Bonchev–Trinajstić information content (AvgIpc) is 3.15. The molecule has 0 unspecified atom stereocenters. The zero-order valence-electron chi connectivity index (χ0n) is 15.0. The maximum absolute atomic E-state index is 9.04. The molecule has 0 spiro atoms. The van der Waals surface area contributed by atoms with Crippen molar-refractivity contribution in [3.05, 3.63) is 91.0 Å². The Morgan fingerprint density at radius 1 is 0.714 bits per heavy atom. The molecule has 0 bridgehead atoms. The van der Waals surface area contributed by atoms with E-state index < -0.39 is 0 Å². The molecule has 0 aliphatic carbocycles. The highest BCUT2D eigenvalue weighted by Gasteiger charge is 2.15. The second-order valence-electron chi connectivity index (χ2n) is 6.58. The van der Waals surface area contributed by atoms with E-state index in [9.17, 15) is 0 Å². The molecule has 1 aromatic heterocycles. The van der Waals surface area contributed by atoms with Gasteiger partial charge in [-0.2, -0.15) is 0 Å². The Hall–Kier alpha value is -3.50. The minimum absolute atomic E-state index is 0.486. The molecule has 28 heavy (non-hydrogen) atoms. The van der Waals surface area contributed by atoms with E-state index in [4.69, 9.17) is 14.1 Å². The van der Waals surface area contributed by atoms with Gasteiger partial charge in [0.05, 0.1) is 0 Å². The molecular weight excluding hydrogens is 347 g/mol. The molecule has 1 heterocycles. The van der Waals surface area contributed by atoms with Gasteiger partial charge < -0.3 is 14.1 Å². The molecule has 4 aromatic carbocycles. The van der Waals surface area contributed by atoms with E-state index in [0.29, 0.717) is 19.0 Å². The first-order valence-corrected chi connectivity index (χ1v) is 9.08. The van der Waals surface area contributed by atoms with E-state index >= 15 is 0 Å². The third-order valence-corrected chi connectivity index (χ3v) is 4.95. The number of fused-ring (bicyclic) bond motifs is 3. The highest BCUT2D eigenvalue weighted by atomic mass is 16.5. The summed E-state index contributed by atoms with van der Waals surface area (Å²) in [6.45, 7) is 0. The highest BCUT2D eigenvalue weighted by Crippen LogP contribution is 2.40. The van der Waals surface area contributed by atoms with Crippen molar-refractivity contribution in [2.24, 2.45) is 0 Å². The van der Waals surface area contributed by atoms with Gasteiger partial charge in [0.2, 0.25) is 0 Å². The molecule has 0 aliphatic rings. The van der Waals surface area contributed by atoms with Crippen LogP contribution in [0.3, 0.4) is 0 Å². The molecule has 5 aromatic rings. The van der Waals surface area contributed by atoms with Crippen LogP contribution in [-0.2, 0) is 0 Å². The van der Waals surface area contributed by atoms with Crippen molar-refractivity contribution in [2.45, 2.75) is 0 Å². The van der Waals surface area contributed by atoms with Crippen LogP contribution in [0.25, 0.3) is 44.2 Å². The summed E-state index contributed by atoms with van der Waals surface area (Å²) < 4.78 is 11.3. The van der Waals surface area contributed by atoms with Gasteiger partial charge in [-0.1, -0.05) is 72.8 Å². The van der Waals surface area contributed by atoms with E-state index in [2.05, 4.69) is 42.5 Å². The second-order valence-corrected chi connectivity index (χ2v) is 6.58. The normalized spacial score (nSPS) is 11.0. The van der Waals surface area contributed by atoms with E-state index in [-0.39, 0.29) is 0 Å². The summed E-state index contributed by atoms with van der Waals surface area (Å²) in [5, 5.41) is 11.0. The van der Waals surface area contributed by atoms with Crippen LogP contribution in [-0.4, -0.2) is 12.7 Å². The molecule has 133 valence electrons. The van der Waals surface area contributed by atoms with Crippen LogP contribution >= 0.6 is 0 Å². The second kappa shape index (κ2) is 6.91. The van der Waals surface area contributed by atoms with Crippen LogP contribution < -0.4 is 4.65 Å². The Bertz CT molecular complexity index is 1280. The summed E-state index contributed by atoms with van der Waals surface area (Å²) >= 11 is 0. The molecule has 0 atom stereocenters. The molecule has 0 aliphatic heterocycles. The van der Waals surface area contributed by atoms with Crippen LogP contribution in [0.4, 0.5) is 0 Å². The monoisotopic (exact) mass is 363 g/mol. The van der Waals surface area contributed by atoms with Crippen molar-refractivity contribution < 1.29 is 14.1 Å². The molecule has 5 rings (SSSR count). The summed E-state index contributed by atoms with van der Waals surface area (Å²) in [6.07, 6.45) is 0. The Labute approximate surface area is 163 Å². The molecule has 3 nitrogen and oxygen atoms in total. The number of benzene rings is 4. The molecule has 0 saturated heterocycles. The first kappa shape index (κ1) is 16.7.